The summed E-state index contributed by atoms with van der Waals surface area (Å²) in [5.41, 5.74) is 1.92. The van der Waals surface area contributed by atoms with Crippen LogP contribution in [0.1, 0.15) is 39.0 Å². The third-order valence-electron chi connectivity index (χ3n) is 6.39. The maximum absolute atomic E-state index is 12.5. The Morgan fingerprint density at radius 2 is 1.80 bits per heavy atom. The molecule has 2 aliphatic rings. The van der Waals surface area contributed by atoms with Crippen LogP contribution in [-0.2, 0) is 14.3 Å². The second kappa shape index (κ2) is 11.3. The number of quaternary nitrogens is 1. The van der Waals surface area contributed by atoms with E-state index >= 15 is 0 Å². The number of hydrogen-bond acceptors (Lipinski definition) is 4. The fourth-order valence-electron chi connectivity index (χ4n) is 4.20. The van der Waals surface area contributed by atoms with Gasteiger partial charge in [-0.3, -0.25) is 9.59 Å². The molecule has 2 atom stereocenters. The monoisotopic (exact) mass is 417 g/mol. The Labute approximate surface area is 180 Å². The Morgan fingerprint density at radius 3 is 2.47 bits per heavy atom. The van der Waals surface area contributed by atoms with Crippen molar-refractivity contribution in [2.45, 2.75) is 45.1 Å². The van der Waals surface area contributed by atoms with Crippen molar-refractivity contribution < 1.29 is 19.2 Å². The number of nitrogens with zero attached hydrogens (tertiary/aromatic N) is 1. The second-order valence-electron chi connectivity index (χ2n) is 8.69. The molecule has 166 valence electrons. The zero-order valence-corrected chi connectivity index (χ0v) is 18.4. The number of benzene rings is 1. The van der Waals surface area contributed by atoms with E-state index in [9.17, 15) is 9.59 Å². The summed E-state index contributed by atoms with van der Waals surface area (Å²) in [7, 11) is 1.89. The van der Waals surface area contributed by atoms with E-state index in [1.807, 2.05) is 38.2 Å². The molecule has 0 spiro atoms. The summed E-state index contributed by atoms with van der Waals surface area (Å²) in [5, 5.41) is 6.03. The first-order valence-corrected chi connectivity index (χ1v) is 11.4. The summed E-state index contributed by atoms with van der Waals surface area (Å²) < 4.78 is 5.39. The summed E-state index contributed by atoms with van der Waals surface area (Å²) in [6.45, 7) is 6.18. The van der Waals surface area contributed by atoms with Crippen LogP contribution < -0.4 is 20.4 Å². The molecule has 1 unspecified atom stereocenters. The molecule has 1 aliphatic carbocycles. The molecule has 1 aliphatic heterocycles. The normalized spacial score (nSPS) is 19.7. The van der Waals surface area contributed by atoms with Crippen molar-refractivity contribution in [1.82, 2.24) is 5.32 Å². The Kier molecular flexibility index (Phi) is 8.51. The summed E-state index contributed by atoms with van der Waals surface area (Å²) in [4.78, 5) is 28.1. The summed E-state index contributed by atoms with van der Waals surface area (Å²) in [6, 6.07) is 7.65. The quantitative estimate of drug-likeness (QED) is 0.591. The van der Waals surface area contributed by atoms with Crippen molar-refractivity contribution in [2.24, 2.45) is 5.92 Å². The van der Waals surface area contributed by atoms with E-state index in [2.05, 4.69) is 15.5 Å². The molecule has 1 saturated heterocycles. The lowest BCUT2D eigenvalue weighted by atomic mass is 9.89. The Balaban J connectivity index is 1.41. The SMILES string of the molecule is C[C@H](C(=O)NCC1CCCCC1)[NH+](C)CC(=O)Nc1ccc(N2CCOCC2)cc1. The van der Waals surface area contributed by atoms with E-state index in [1.54, 1.807) is 0 Å². The minimum Gasteiger partial charge on any atom is -0.378 e. The minimum absolute atomic E-state index is 0.0285. The highest BCUT2D eigenvalue weighted by atomic mass is 16.5. The van der Waals surface area contributed by atoms with Crippen LogP contribution in [0, 0.1) is 5.92 Å². The number of likely N-dealkylation sites (N-methyl/N-ethyl adjacent to an activating group) is 1. The fourth-order valence-corrected chi connectivity index (χ4v) is 4.20. The van der Waals surface area contributed by atoms with E-state index in [4.69, 9.17) is 4.74 Å². The van der Waals surface area contributed by atoms with Crippen LogP contribution in [0.15, 0.2) is 24.3 Å². The highest BCUT2D eigenvalue weighted by Gasteiger charge is 2.25. The molecular formula is C23H37N4O3+. The van der Waals surface area contributed by atoms with E-state index in [0.29, 0.717) is 5.92 Å². The van der Waals surface area contributed by atoms with E-state index < -0.39 is 0 Å². The number of carbonyl (C=O) groups excluding carboxylic acids is 2. The van der Waals surface area contributed by atoms with Crippen LogP contribution in [-0.4, -0.2) is 64.3 Å². The van der Waals surface area contributed by atoms with Gasteiger partial charge in [0.2, 0.25) is 0 Å². The molecule has 2 amide bonds. The van der Waals surface area contributed by atoms with Crippen molar-refractivity contribution in [3.05, 3.63) is 24.3 Å². The lowest BCUT2D eigenvalue weighted by Crippen LogP contribution is -3.15. The Hall–Kier alpha value is -2.12. The largest absolute Gasteiger partial charge is 0.378 e. The van der Waals surface area contributed by atoms with Gasteiger partial charge in [-0.15, -0.1) is 0 Å². The highest BCUT2D eigenvalue weighted by Crippen LogP contribution is 2.22. The van der Waals surface area contributed by atoms with Crippen LogP contribution in [0.25, 0.3) is 0 Å². The average Bonchev–Trinajstić information content (AvgIpc) is 2.78. The molecule has 3 rings (SSSR count). The summed E-state index contributed by atoms with van der Waals surface area (Å²) >= 11 is 0. The fraction of sp³-hybridized carbons (Fsp3) is 0.652. The first kappa shape index (κ1) is 22.6. The van der Waals surface area contributed by atoms with Gasteiger partial charge in [-0.2, -0.15) is 0 Å². The molecule has 7 heteroatoms. The van der Waals surface area contributed by atoms with Crippen molar-refractivity contribution in [1.29, 1.82) is 0 Å². The van der Waals surface area contributed by atoms with Gasteiger partial charge in [0, 0.05) is 31.0 Å². The predicted molar refractivity (Wildman–Crippen MR) is 119 cm³/mol. The topological polar surface area (TPSA) is 75.1 Å². The van der Waals surface area contributed by atoms with Gasteiger partial charge in [-0.05, 0) is 49.9 Å². The zero-order valence-electron chi connectivity index (χ0n) is 18.4. The molecule has 3 N–H and O–H groups in total. The van der Waals surface area contributed by atoms with Gasteiger partial charge < -0.3 is 25.2 Å². The van der Waals surface area contributed by atoms with Crippen molar-refractivity contribution in [2.75, 3.05) is 56.7 Å². The van der Waals surface area contributed by atoms with Crippen LogP contribution >= 0.6 is 0 Å². The summed E-state index contributed by atoms with van der Waals surface area (Å²) in [5.74, 6) is 0.554. The third-order valence-corrected chi connectivity index (χ3v) is 6.39. The van der Waals surface area contributed by atoms with Crippen molar-refractivity contribution in [3.63, 3.8) is 0 Å². The van der Waals surface area contributed by atoms with Crippen molar-refractivity contribution >= 4 is 23.2 Å². The van der Waals surface area contributed by atoms with E-state index in [-0.39, 0.29) is 24.4 Å². The molecule has 7 nitrogen and oxygen atoms in total. The number of rotatable bonds is 8. The number of amides is 2. The first-order valence-electron chi connectivity index (χ1n) is 11.4. The van der Waals surface area contributed by atoms with Gasteiger partial charge in [0.25, 0.3) is 11.8 Å². The number of morpholine rings is 1. The smallest absolute Gasteiger partial charge is 0.279 e. The van der Waals surface area contributed by atoms with Crippen LogP contribution in [0.2, 0.25) is 0 Å². The van der Waals surface area contributed by atoms with Crippen LogP contribution in [0.5, 0.6) is 0 Å². The predicted octanol–water partition coefficient (Wildman–Crippen LogP) is 1.06. The maximum Gasteiger partial charge on any atom is 0.279 e. The molecule has 30 heavy (non-hydrogen) atoms. The Bertz CT molecular complexity index is 682. The van der Waals surface area contributed by atoms with Crippen LogP contribution in [0.4, 0.5) is 11.4 Å². The van der Waals surface area contributed by atoms with E-state index in [1.165, 1.54) is 32.1 Å². The second-order valence-corrected chi connectivity index (χ2v) is 8.69. The number of ether oxygens (including phenoxy) is 1. The van der Waals surface area contributed by atoms with Gasteiger partial charge in [-0.25, -0.2) is 0 Å². The highest BCUT2D eigenvalue weighted by molar-refractivity contribution is 5.91. The number of nitrogens with one attached hydrogen (secondary N) is 3. The number of carbonyl (C=O) groups is 2. The van der Waals surface area contributed by atoms with Gasteiger partial charge in [0.1, 0.15) is 0 Å². The molecule has 0 aromatic heterocycles. The number of hydrogen-bond donors (Lipinski definition) is 3. The molecule has 1 saturated carbocycles. The molecule has 1 aromatic carbocycles. The van der Waals surface area contributed by atoms with E-state index in [0.717, 1.165) is 49.1 Å². The van der Waals surface area contributed by atoms with Gasteiger partial charge in [0.05, 0.1) is 20.3 Å². The maximum atomic E-state index is 12.5. The lowest BCUT2D eigenvalue weighted by Gasteiger charge is -2.29. The summed E-state index contributed by atoms with van der Waals surface area (Å²) in [6.07, 6.45) is 6.29. The molecule has 2 fully saturated rings. The lowest BCUT2D eigenvalue weighted by molar-refractivity contribution is -0.885. The molecule has 1 aromatic rings. The molecular weight excluding hydrogens is 380 g/mol. The zero-order chi connectivity index (χ0) is 21.3. The minimum atomic E-state index is -0.261. The van der Waals surface area contributed by atoms with Crippen molar-refractivity contribution in [3.8, 4) is 0 Å². The molecule has 0 bridgehead atoms. The van der Waals surface area contributed by atoms with Gasteiger partial charge >= 0.3 is 0 Å². The molecule has 0 radical (unpaired) electrons. The third kappa shape index (κ3) is 6.71. The average molecular weight is 418 g/mol. The molecule has 1 heterocycles. The van der Waals surface area contributed by atoms with Gasteiger partial charge in [-0.1, -0.05) is 19.3 Å². The first-order chi connectivity index (χ1) is 14.5. The van der Waals surface area contributed by atoms with Gasteiger partial charge in [0.15, 0.2) is 12.6 Å². The number of anilines is 2. The van der Waals surface area contributed by atoms with Crippen LogP contribution in [0.3, 0.4) is 0 Å². The standard InChI is InChI=1S/C23H36N4O3/c1-18(23(29)24-16-19-6-4-3-5-7-19)26(2)17-22(28)25-20-8-10-21(11-9-20)27-12-14-30-15-13-27/h8-11,18-19H,3-7,12-17H2,1-2H3,(H,24,29)(H,25,28)/p+1/t18-/m1/s1. The Morgan fingerprint density at radius 1 is 1.13 bits per heavy atom.